The maximum Gasteiger partial charge on any atom is 0.222 e. The third-order valence-electron chi connectivity index (χ3n) is 4.44. The summed E-state index contributed by atoms with van der Waals surface area (Å²) in [6.45, 7) is 4.11. The molecule has 1 aliphatic heterocycles. The van der Waals surface area contributed by atoms with Gasteiger partial charge in [0.1, 0.15) is 0 Å². The molecular formula is C17H27ClN2O. The number of aryl methyl sites for hydroxylation is 1. The first-order chi connectivity index (χ1) is 9.70. The van der Waals surface area contributed by atoms with Crippen LogP contribution in [0, 0.1) is 5.92 Å². The number of amides is 1. The van der Waals surface area contributed by atoms with Crippen LogP contribution in [0.1, 0.15) is 44.6 Å². The van der Waals surface area contributed by atoms with E-state index < -0.39 is 0 Å². The van der Waals surface area contributed by atoms with Crippen molar-refractivity contribution in [1.29, 1.82) is 0 Å². The van der Waals surface area contributed by atoms with Crippen molar-refractivity contribution in [3.8, 4) is 0 Å². The van der Waals surface area contributed by atoms with Crippen molar-refractivity contribution in [3.05, 3.63) is 29.8 Å². The lowest BCUT2D eigenvalue weighted by Crippen LogP contribution is -2.32. The Balaban J connectivity index is 0.00000220. The second-order valence-corrected chi connectivity index (χ2v) is 5.78. The molecule has 1 atom stereocenters. The molecule has 3 nitrogen and oxygen atoms in total. The highest BCUT2D eigenvalue weighted by Gasteiger charge is 2.19. The molecular weight excluding hydrogens is 284 g/mol. The van der Waals surface area contributed by atoms with Crippen LogP contribution in [-0.2, 0) is 11.2 Å². The average Bonchev–Trinajstić information content (AvgIpc) is 2.71. The molecule has 0 bridgehead atoms. The monoisotopic (exact) mass is 310 g/mol. The summed E-state index contributed by atoms with van der Waals surface area (Å²) < 4.78 is 0. The van der Waals surface area contributed by atoms with Gasteiger partial charge in [-0.2, -0.15) is 0 Å². The van der Waals surface area contributed by atoms with E-state index in [2.05, 4.69) is 11.8 Å². The van der Waals surface area contributed by atoms with Crippen molar-refractivity contribution >= 4 is 24.0 Å². The SMILES string of the molecule is CCC1CCCN(C(=O)CCc2ccccc2N)CC1.Cl. The van der Waals surface area contributed by atoms with E-state index in [1.807, 2.05) is 24.3 Å². The predicted octanol–water partition coefficient (Wildman–Crippen LogP) is 3.66. The van der Waals surface area contributed by atoms with Gasteiger partial charge in [-0.1, -0.05) is 31.5 Å². The molecule has 0 saturated carbocycles. The molecule has 1 amide bonds. The maximum atomic E-state index is 12.3. The Labute approximate surface area is 134 Å². The Morgan fingerprint density at radius 2 is 2.05 bits per heavy atom. The number of likely N-dealkylation sites (tertiary alicyclic amines) is 1. The first-order valence-electron chi connectivity index (χ1n) is 7.82. The smallest absolute Gasteiger partial charge is 0.222 e. The molecule has 21 heavy (non-hydrogen) atoms. The molecule has 2 rings (SSSR count). The quantitative estimate of drug-likeness (QED) is 0.863. The lowest BCUT2D eigenvalue weighted by atomic mass is 9.98. The Hall–Kier alpha value is -1.22. The number of nitrogens with two attached hydrogens (primary N) is 1. The number of benzene rings is 1. The first kappa shape index (κ1) is 17.8. The van der Waals surface area contributed by atoms with Gasteiger partial charge in [0, 0.05) is 25.2 Å². The number of nitrogens with zero attached hydrogens (tertiary/aromatic N) is 1. The minimum Gasteiger partial charge on any atom is -0.399 e. The van der Waals surface area contributed by atoms with Crippen LogP contribution in [0.5, 0.6) is 0 Å². The van der Waals surface area contributed by atoms with Gasteiger partial charge in [-0.05, 0) is 43.2 Å². The Morgan fingerprint density at radius 3 is 2.76 bits per heavy atom. The number of nitrogen functional groups attached to an aromatic ring is 1. The molecule has 1 aromatic rings. The largest absolute Gasteiger partial charge is 0.399 e. The fourth-order valence-electron chi connectivity index (χ4n) is 2.98. The fourth-order valence-corrected chi connectivity index (χ4v) is 2.98. The van der Waals surface area contributed by atoms with Crippen molar-refractivity contribution in [2.75, 3.05) is 18.8 Å². The minimum atomic E-state index is 0. The Bertz CT molecular complexity index is 450. The predicted molar refractivity (Wildman–Crippen MR) is 90.6 cm³/mol. The van der Waals surface area contributed by atoms with Crippen LogP contribution in [0.3, 0.4) is 0 Å². The zero-order chi connectivity index (χ0) is 14.4. The van der Waals surface area contributed by atoms with Gasteiger partial charge in [0.25, 0.3) is 0 Å². The van der Waals surface area contributed by atoms with E-state index in [0.29, 0.717) is 6.42 Å². The third-order valence-corrected chi connectivity index (χ3v) is 4.44. The zero-order valence-electron chi connectivity index (χ0n) is 12.9. The van der Waals surface area contributed by atoms with E-state index in [4.69, 9.17) is 5.73 Å². The second kappa shape index (κ2) is 8.93. The number of halogens is 1. The molecule has 0 radical (unpaired) electrons. The average molecular weight is 311 g/mol. The van der Waals surface area contributed by atoms with Crippen LogP contribution in [0.4, 0.5) is 5.69 Å². The van der Waals surface area contributed by atoms with Gasteiger partial charge in [0.15, 0.2) is 0 Å². The van der Waals surface area contributed by atoms with Crippen molar-refractivity contribution in [3.63, 3.8) is 0 Å². The molecule has 4 heteroatoms. The molecule has 1 fully saturated rings. The highest BCUT2D eigenvalue weighted by Crippen LogP contribution is 2.21. The topological polar surface area (TPSA) is 46.3 Å². The van der Waals surface area contributed by atoms with Crippen LogP contribution in [0.25, 0.3) is 0 Å². The fraction of sp³-hybridized carbons (Fsp3) is 0.588. The van der Waals surface area contributed by atoms with E-state index >= 15 is 0 Å². The number of para-hydroxylation sites is 1. The number of hydrogen-bond acceptors (Lipinski definition) is 2. The maximum absolute atomic E-state index is 12.3. The molecule has 1 saturated heterocycles. The number of anilines is 1. The van der Waals surface area contributed by atoms with Crippen molar-refractivity contribution in [2.45, 2.75) is 45.4 Å². The lowest BCUT2D eigenvalue weighted by molar-refractivity contribution is -0.131. The zero-order valence-corrected chi connectivity index (χ0v) is 13.7. The van der Waals surface area contributed by atoms with Gasteiger partial charge in [-0.15, -0.1) is 12.4 Å². The van der Waals surface area contributed by atoms with Gasteiger partial charge in [-0.3, -0.25) is 4.79 Å². The summed E-state index contributed by atoms with van der Waals surface area (Å²) >= 11 is 0. The number of rotatable bonds is 4. The summed E-state index contributed by atoms with van der Waals surface area (Å²) in [7, 11) is 0. The second-order valence-electron chi connectivity index (χ2n) is 5.78. The molecule has 2 N–H and O–H groups in total. The highest BCUT2D eigenvalue weighted by molar-refractivity contribution is 5.85. The van der Waals surface area contributed by atoms with Gasteiger partial charge < -0.3 is 10.6 Å². The van der Waals surface area contributed by atoms with Crippen LogP contribution in [0.15, 0.2) is 24.3 Å². The summed E-state index contributed by atoms with van der Waals surface area (Å²) in [6, 6.07) is 7.82. The first-order valence-corrected chi connectivity index (χ1v) is 7.82. The van der Waals surface area contributed by atoms with E-state index in [-0.39, 0.29) is 18.3 Å². The van der Waals surface area contributed by atoms with Crippen molar-refractivity contribution < 1.29 is 4.79 Å². The molecule has 1 heterocycles. The molecule has 1 aliphatic rings. The van der Waals surface area contributed by atoms with Gasteiger partial charge in [0.2, 0.25) is 5.91 Å². The van der Waals surface area contributed by atoms with Crippen molar-refractivity contribution in [1.82, 2.24) is 4.90 Å². The normalized spacial score (nSPS) is 18.7. The Kier molecular flexibility index (Phi) is 7.58. The Morgan fingerprint density at radius 1 is 1.29 bits per heavy atom. The van der Waals surface area contributed by atoms with Crippen LogP contribution in [0.2, 0.25) is 0 Å². The molecule has 0 aromatic heterocycles. The lowest BCUT2D eigenvalue weighted by Gasteiger charge is -2.20. The highest BCUT2D eigenvalue weighted by atomic mass is 35.5. The molecule has 0 spiro atoms. The van der Waals surface area contributed by atoms with Crippen LogP contribution in [-0.4, -0.2) is 23.9 Å². The van der Waals surface area contributed by atoms with Gasteiger partial charge >= 0.3 is 0 Å². The molecule has 118 valence electrons. The summed E-state index contributed by atoms with van der Waals surface area (Å²) in [6.07, 6.45) is 6.14. The number of hydrogen-bond donors (Lipinski definition) is 1. The summed E-state index contributed by atoms with van der Waals surface area (Å²) in [5.41, 5.74) is 7.80. The van der Waals surface area contributed by atoms with E-state index in [1.165, 1.54) is 12.8 Å². The van der Waals surface area contributed by atoms with Crippen LogP contribution >= 0.6 is 12.4 Å². The van der Waals surface area contributed by atoms with Gasteiger partial charge in [0.05, 0.1) is 0 Å². The summed E-state index contributed by atoms with van der Waals surface area (Å²) in [5, 5.41) is 0. The van der Waals surface area contributed by atoms with E-state index in [9.17, 15) is 4.79 Å². The molecule has 1 unspecified atom stereocenters. The van der Waals surface area contributed by atoms with Gasteiger partial charge in [-0.25, -0.2) is 0 Å². The molecule has 1 aromatic carbocycles. The van der Waals surface area contributed by atoms with E-state index in [1.54, 1.807) is 0 Å². The van der Waals surface area contributed by atoms with Crippen molar-refractivity contribution in [2.24, 2.45) is 5.92 Å². The number of carbonyl (C=O) groups is 1. The molecule has 0 aliphatic carbocycles. The summed E-state index contributed by atoms with van der Waals surface area (Å²) in [4.78, 5) is 14.4. The van der Waals surface area contributed by atoms with E-state index in [0.717, 1.165) is 49.5 Å². The summed E-state index contributed by atoms with van der Waals surface area (Å²) in [5.74, 6) is 1.09. The number of carbonyl (C=O) groups excluding carboxylic acids is 1. The standard InChI is InChI=1S/C17H26N2O.ClH/c1-2-14-6-5-12-19(13-11-14)17(20)10-9-15-7-3-4-8-16(15)18;/h3-4,7-8,14H,2,5-6,9-13,18H2,1H3;1H. The minimum absolute atomic E-state index is 0. The third kappa shape index (κ3) is 5.24. The van der Waals surface area contributed by atoms with Crippen LogP contribution < -0.4 is 5.73 Å².